The molecule has 2 aromatic rings. The van der Waals surface area contributed by atoms with Gasteiger partial charge in [0.25, 0.3) is 5.91 Å². The molecule has 22 heavy (non-hydrogen) atoms. The van der Waals surface area contributed by atoms with Crippen LogP contribution in [0.4, 0.5) is 0 Å². The molecule has 4 aliphatic rings. The molecule has 114 valence electrons. The summed E-state index contributed by atoms with van der Waals surface area (Å²) in [4.78, 5) is 19.5. The molecule has 1 amide bonds. The van der Waals surface area contributed by atoms with Crippen LogP contribution >= 0.6 is 0 Å². The van der Waals surface area contributed by atoms with Crippen molar-refractivity contribution < 1.29 is 9.21 Å². The van der Waals surface area contributed by atoms with Gasteiger partial charge in [-0.15, -0.1) is 0 Å². The molecule has 1 saturated carbocycles. The molecule has 3 saturated heterocycles. The van der Waals surface area contributed by atoms with Crippen LogP contribution in [-0.2, 0) is 0 Å². The van der Waals surface area contributed by atoms with Crippen LogP contribution in [0.1, 0.15) is 36.0 Å². The normalized spacial score (nSPS) is 31.5. The first-order valence-electron chi connectivity index (χ1n) is 8.15. The van der Waals surface area contributed by atoms with Gasteiger partial charge in [-0.05, 0) is 56.8 Å². The Bertz CT molecular complexity index is 741. The lowest BCUT2D eigenvalue weighted by molar-refractivity contribution is -0.00145. The van der Waals surface area contributed by atoms with Gasteiger partial charge in [-0.25, -0.2) is 4.98 Å². The van der Waals surface area contributed by atoms with Gasteiger partial charge in [-0.1, -0.05) is 0 Å². The summed E-state index contributed by atoms with van der Waals surface area (Å²) in [6.45, 7) is 2.42. The molecule has 1 aliphatic carbocycles. The van der Waals surface area contributed by atoms with Crippen LogP contribution in [0.15, 0.2) is 29.0 Å². The smallest absolute Gasteiger partial charge is 0.253 e. The number of pyridine rings is 1. The van der Waals surface area contributed by atoms with Crippen LogP contribution in [0.5, 0.6) is 0 Å². The van der Waals surface area contributed by atoms with Gasteiger partial charge < -0.3 is 9.73 Å². The van der Waals surface area contributed by atoms with E-state index in [-0.39, 0.29) is 11.4 Å². The minimum Gasteiger partial charge on any atom is -0.446 e. The lowest BCUT2D eigenvalue weighted by Gasteiger charge is -2.52. The number of amides is 1. The molecule has 5 heteroatoms. The molecule has 6 rings (SSSR count). The number of rotatable bonds is 2. The fourth-order valence-electron chi connectivity index (χ4n) is 4.53. The summed E-state index contributed by atoms with van der Waals surface area (Å²) in [5, 5.41) is 4.20. The second kappa shape index (κ2) is 4.32. The Balaban J connectivity index is 1.42. The van der Waals surface area contributed by atoms with Crippen molar-refractivity contribution in [3.63, 3.8) is 0 Å². The summed E-state index contributed by atoms with van der Waals surface area (Å²) < 4.78 is 5.24. The number of aromatic nitrogens is 1. The van der Waals surface area contributed by atoms with Crippen LogP contribution in [-0.4, -0.2) is 40.5 Å². The lowest BCUT2D eigenvalue weighted by atomic mass is 9.77. The number of fused-ring (bicyclic) bond motifs is 3. The van der Waals surface area contributed by atoms with Crippen molar-refractivity contribution in [2.24, 2.45) is 5.92 Å². The van der Waals surface area contributed by atoms with Crippen LogP contribution < -0.4 is 5.32 Å². The summed E-state index contributed by atoms with van der Waals surface area (Å²) in [5.41, 5.74) is 1.48. The van der Waals surface area contributed by atoms with E-state index in [9.17, 15) is 4.79 Å². The van der Waals surface area contributed by atoms with Gasteiger partial charge in [-0.3, -0.25) is 9.69 Å². The minimum atomic E-state index is 0.000579. The van der Waals surface area contributed by atoms with Gasteiger partial charge >= 0.3 is 0 Å². The maximum atomic E-state index is 12.7. The molecular weight excluding hydrogens is 278 g/mol. The fraction of sp³-hybridized carbons (Fsp3) is 0.529. The highest BCUT2D eigenvalue weighted by Crippen LogP contribution is 2.53. The SMILES string of the molecule is O=C(N[C@@H]1C2CCN(CC2)C12CC2)c1cnc2occc2c1. The molecular formula is C17H19N3O2. The third-order valence-corrected chi connectivity index (χ3v) is 5.84. The molecule has 4 fully saturated rings. The largest absolute Gasteiger partial charge is 0.446 e. The fourth-order valence-corrected chi connectivity index (χ4v) is 4.53. The summed E-state index contributed by atoms with van der Waals surface area (Å²) in [5.74, 6) is 0.641. The number of furan rings is 1. The standard InChI is InChI=1S/C17H19N3O2/c21-15(13-9-12-3-8-22-16(12)18-10-13)19-14-11-1-6-20(7-2-11)17(14)4-5-17/h3,8-11,14H,1-2,4-7H2,(H,19,21)/t14-/m1/s1. The van der Waals surface area contributed by atoms with Crippen LogP contribution in [0.25, 0.3) is 11.1 Å². The van der Waals surface area contributed by atoms with Crippen molar-refractivity contribution in [1.82, 2.24) is 15.2 Å². The van der Waals surface area contributed by atoms with Gasteiger partial charge in [0, 0.05) is 17.1 Å². The van der Waals surface area contributed by atoms with E-state index in [1.165, 1.54) is 38.8 Å². The third-order valence-electron chi connectivity index (χ3n) is 5.84. The van der Waals surface area contributed by atoms with E-state index in [0.29, 0.717) is 23.2 Å². The highest BCUT2D eigenvalue weighted by Gasteiger charge is 2.60. The van der Waals surface area contributed by atoms with Gasteiger partial charge in [0.15, 0.2) is 0 Å². The second-order valence-electron chi connectivity index (χ2n) is 6.92. The highest BCUT2D eigenvalue weighted by molar-refractivity contribution is 5.97. The van der Waals surface area contributed by atoms with Crippen molar-refractivity contribution in [1.29, 1.82) is 0 Å². The molecule has 3 aliphatic heterocycles. The van der Waals surface area contributed by atoms with E-state index in [4.69, 9.17) is 4.42 Å². The molecule has 0 aromatic carbocycles. The van der Waals surface area contributed by atoms with E-state index in [2.05, 4.69) is 15.2 Å². The maximum Gasteiger partial charge on any atom is 0.253 e. The predicted molar refractivity (Wildman–Crippen MR) is 81.5 cm³/mol. The number of nitrogens with zero attached hydrogens (tertiary/aromatic N) is 2. The Labute approximate surface area is 128 Å². The minimum absolute atomic E-state index is 0.000579. The van der Waals surface area contributed by atoms with Crippen molar-refractivity contribution in [3.8, 4) is 0 Å². The summed E-state index contributed by atoms with van der Waals surface area (Å²) in [6.07, 6.45) is 8.10. The lowest BCUT2D eigenvalue weighted by Crippen LogP contribution is -2.65. The molecule has 2 bridgehead atoms. The Morgan fingerprint density at radius 2 is 2.18 bits per heavy atom. The number of piperidine rings is 3. The topological polar surface area (TPSA) is 58.4 Å². The van der Waals surface area contributed by atoms with E-state index >= 15 is 0 Å². The van der Waals surface area contributed by atoms with Crippen molar-refractivity contribution in [3.05, 3.63) is 30.2 Å². The van der Waals surface area contributed by atoms with Gasteiger partial charge in [0.1, 0.15) is 0 Å². The molecule has 5 heterocycles. The van der Waals surface area contributed by atoms with E-state index in [1.807, 2.05) is 12.1 Å². The molecule has 5 nitrogen and oxygen atoms in total. The van der Waals surface area contributed by atoms with Crippen molar-refractivity contribution >= 4 is 17.0 Å². The molecule has 1 atom stereocenters. The number of carbonyl (C=O) groups is 1. The molecule has 0 radical (unpaired) electrons. The first kappa shape index (κ1) is 12.6. The predicted octanol–water partition coefficient (Wildman–Crippen LogP) is 2.18. The first-order chi connectivity index (χ1) is 10.8. The van der Waals surface area contributed by atoms with Crippen LogP contribution in [0.2, 0.25) is 0 Å². The summed E-state index contributed by atoms with van der Waals surface area (Å²) in [7, 11) is 0. The summed E-state index contributed by atoms with van der Waals surface area (Å²) >= 11 is 0. The Kier molecular flexibility index (Phi) is 2.48. The Hall–Kier alpha value is -1.88. The molecule has 1 N–H and O–H groups in total. The number of carbonyl (C=O) groups excluding carboxylic acids is 1. The molecule has 1 spiro atoms. The molecule has 2 aromatic heterocycles. The van der Waals surface area contributed by atoms with E-state index < -0.39 is 0 Å². The van der Waals surface area contributed by atoms with Crippen LogP contribution in [0.3, 0.4) is 0 Å². The van der Waals surface area contributed by atoms with Gasteiger partial charge in [0.2, 0.25) is 5.71 Å². The van der Waals surface area contributed by atoms with Gasteiger partial charge in [-0.2, -0.15) is 0 Å². The average Bonchev–Trinajstić information content (AvgIpc) is 3.18. The number of hydrogen-bond acceptors (Lipinski definition) is 4. The number of hydrogen-bond donors (Lipinski definition) is 1. The average molecular weight is 297 g/mol. The monoisotopic (exact) mass is 297 g/mol. The van der Waals surface area contributed by atoms with Gasteiger partial charge in [0.05, 0.1) is 17.9 Å². The maximum absolute atomic E-state index is 12.7. The Morgan fingerprint density at radius 3 is 2.95 bits per heavy atom. The van der Waals surface area contributed by atoms with E-state index in [0.717, 1.165) is 5.39 Å². The zero-order valence-electron chi connectivity index (χ0n) is 12.4. The second-order valence-corrected chi connectivity index (χ2v) is 6.92. The zero-order valence-corrected chi connectivity index (χ0v) is 12.4. The third kappa shape index (κ3) is 1.69. The first-order valence-corrected chi connectivity index (χ1v) is 8.15. The van der Waals surface area contributed by atoms with Crippen molar-refractivity contribution in [2.75, 3.05) is 13.1 Å². The zero-order chi connectivity index (χ0) is 14.7. The molecule has 0 unspecified atom stereocenters. The quantitative estimate of drug-likeness (QED) is 0.923. The van der Waals surface area contributed by atoms with Crippen molar-refractivity contribution in [2.45, 2.75) is 37.3 Å². The highest BCUT2D eigenvalue weighted by atomic mass is 16.3. The Morgan fingerprint density at radius 1 is 1.36 bits per heavy atom. The number of nitrogens with one attached hydrogen (secondary N) is 1. The van der Waals surface area contributed by atoms with E-state index in [1.54, 1.807) is 12.5 Å². The summed E-state index contributed by atoms with van der Waals surface area (Å²) in [6, 6.07) is 4.01. The van der Waals surface area contributed by atoms with Crippen LogP contribution in [0, 0.1) is 5.92 Å².